The van der Waals surface area contributed by atoms with Gasteiger partial charge in [-0.25, -0.2) is 9.18 Å². The van der Waals surface area contributed by atoms with E-state index in [0.29, 0.717) is 17.1 Å². The third-order valence-electron chi connectivity index (χ3n) is 3.29. The van der Waals surface area contributed by atoms with Crippen molar-refractivity contribution in [3.63, 3.8) is 0 Å². The Bertz CT molecular complexity index is 952. The molecule has 2 aromatic heterocycles. The zero-order valence-electron chi connectivity index (χ0n) is 13.1. The van der Waals surface area contributed by atoms with E-state index in [1.54, 1.807) is 19.9 Å². The number of hydrogen-bond donors (Lipinski definition) is 0. The largest absolute Gasteiger partial charge is 0.466 e. The van der Waals surface area contributed by atoms with Crippen molar-refractivity contribution < 1.29 is 22.8 Å². The van der Waals surface area contributed by atoms with Crippen molar-refractivity contribution in [2.75, 3.05) is 0 Å². The first-order chi connectivity index (χ1) is 11.8. The summed E-state index contributed by atoms with van der Waals surface area (Å²) in [6.07, 6.45) is 0. The fourth-order valence-corrected chi connectivity index (χ4v) is 2.61. The van der Waals surface area contributed by atoms with Crippen LogP contribution in [0.4, 0.5) is 4.39 Å². The summed E-state index contributed by atoms with van der Waals surface area (Å²) in [5.74, 6) is 0.0499. The highest BCUT2D eigenvalue weighted by Gasteiger charge is 2.18. The van der Waals surface area contributed by atoms with Crippen molar-refractivity contribution >= 4 is 29.2 Å². The summed E-state index contributed by atoms with van der Waals surface area (Å²) < 4.78 is 29.3. The molecule has 0 saturated carbocycles. The van der Waals surface area contributed by atoms with Crippen molar-refractivity contribution in [1.82, 2.24) is 10.2 Å². The van der Waals surface area contributed by atoms with Gasteiger partial charge in [0.25, 0.3) is 11.8 Å². The fourth-order valence-electron chi connectivity index (χ4n) is 2.15. The van der Waals surface area contributed by atoms with Gasteiger partial charge in [0.15, 0.2) is 6.61 Å². The van der Waals surface area contributed by atoms with Gasteiger partial charge in [0, 0.05) is 0 Å². The number of benzene rings is 1. The maximum absolute atomic E-state index is 13.5. The van der Waals surface area contributed by atoms with E-state index in [1.807, 2.05) is 0 Å². The average molecular weight is 385 g/mol. The molecule has 0 aliphatic rings. The number of nitrogens with zero attached hydrogens (tertiary/aromatic N) is 2. The van der Waals surface area contributed by atoms with Crippen LogP contribution < -0.4 is 0 Å². The highest BCUT2D eigenvalue weighted by Crippen LogP contribution is 2.27. The minimum atomic E-state index is -0.837. The number of aromatic nitrogens is 2. The van der Waals surface area contributed by atoms with Crippen molar-refractivity contribution in [2.45, 2.75) is 20.5 Å². The van der Waals surface area contributed by atoms with Gasteiger partial charge < -0.3 is 13.6 Å². The molecule has 0 unspecified atom stereocenters. The molecular formula is C16H11Cl2FN2O4. The van der Waals surface area contributed by atoms with Crippen LogP contribution in [-0.4, -0.2) is 16.2 Å². The normalized spacial score (nSPS) is 10.9. The van der Waals surface area contributed by atoms with Crippen molar-refractivity contribution in [2.24, 2.45) is 0 Å². The lowest BCUT2D eigenvalue weighted by Gasteiger charge is -2.05. The minimum absolute atomic E-state index is 0.0212. The van der Waals surface area contributed by atoms with Gasteiger partial charge in [-0.1, -0.05) is 23.2 Å². The first kappa shape index (κ1) is 17.4. The number of esters is 1. The molecule has 25 heavy (non-hydrogen) atoms. The monoisotopic (exact) mass is 384 g/mol. The van der Waals surface area contributed by atoms with Crippen molar-refractivity contribution in [1.29, 1.82) is 0 Å². The summed E-state index contributed by atoms with van der Waals surface area (Å²) in [5, 5.41) is 7.47. The molecule has 0 atom stereocenters. The third-order valence-corrected chi connectivity index (χ3v) is 3.90. The van der Waals surface area contributed by atoms with Gasteiger partial charge >= 0.3 is 5.97 Å². The van der Waals surface area contributed by atoms with Gasteiger partial charge in [-0.15, -0.1) is 10.2 Å². The molecule has 0 aliphatic heterocycles. The molecule has 0 fully saturated rings. The van der Waals surface area contributed by atoms with E-state index in [4.69, 9.17) is 36.8 Å². The zero-order valence-corrected chi connectivity index (χ0v) is 14.6. The number of carbonyl (C=O) groups is 1. The van der Waals surface area contributed by atoms with Crippen LogP contribution >= 0.6 is 23.2 Å². The maximum Gasteiger partial charge on any atom is 0.340 e. The van der Waals surface area contributed by atoms with Crippen molar-refractivity contribution in [3.8, 4) is 11.5 Å². The van der Waals surface area contributed by atoms with Gasteiger partial charge in [0.05, 0.1) is 21.2 Å². The summed E-state index contributed by atoms with van der Waals surface area (Å²) in [6.45, 7) is 3.27. The van der Waals surface area contributed by atoms with Crippen LogP contribution in [0.1, 0.15) is 27.8 Å². The number of hydrogen-bond acceptors (Lipinski definition) is 6. The van der Waals surface area contributed by atoms with E-state index in [0.717, 1.165) is 12.1 Å². The lowest BCUT2D eigenvalue weighted by molar-refractivity contribution is 0.0438. The SMILES string of the molecule is Cc1cc(-c2nnc(COC(=O)c3cc(F)c(Cl)cc3Cl)o2)c(C)o1. The Kier molecular flexibility index (Phi) is 4.78. The Morgan fingerprint density at radius 1 is 1.16 bits per heavy atom. The summed E-state index contributed by atoms with van der Waals surface area (Å²) >= 11 is 11.5. The molecule has 1 aromatic carbocycles. The lowest BCUT2D eigenvalue weighted by Crippen LogP contribution is -2.07. The van der Waals surface area contributed by atoms with E-state index in [1.165, 1.54) is 0 Å². The molecule has 0 amide bonds. The van der Waals surface area contributed by atoms with Gasteiger partial charge in [0.1, 0.15) is 17.3 Å². The number of furan rings is 1. The molecule has 130 valence electrons. The minimum Gasteiger partial charge on any atom is -0.466 e. The predicted octanol–water partition coefficient (Wildman–Crippen LogP) is 4.75. The molecular weight excluding hydrogens is 374 g/mol. The molecule has 0 radical (unpaired) electrons. The molecule has 6 nitrogen and oxygen atoms in total. The van der Waals surface area contributed by atoms with Gasteiger partial charge in [0.2, 0.25) is 0 Å². The van der Waals surface area contributed by atoms with Gasteiger partial charge in [-0.2, -0.15) is 0 Å². The number of halogens is 3. The smallest absolute Gasteiger partial charge is 0.340 e. The van der Waals surface area contributed by atoms with Crippen LogP contribution in [0.15, 0.2) is 27.0 Å². The van der Waals surface area contributed by atoms with E-state index >= 15 is 0 Å². The molecule has 3 rings (SSSR count). The van der Waals surface area contributed by atoms with E-state index < -0.39 is 11.8 Å². The topological polar surface area (TPSA) is 78.4 Å². The number of aryl methyl sites for hydroxylation is 2. The second-order valence-corrected chi connectivity index (χ2v) is 5.96. The van der Waals surface area contributed by atoms with Crippen LogP contribution in [0.3, 0.4) is 0 Å². The molecule has 0 aliphatic carbocycles. The Morgan fingerprint density at radius 2 is 1.92 bits per heavy atom. The van der Waals surface area contributed by atoms with Gasteiger partial charge in [-0.05, 0) is 32.0 Å². The summed E-state index contributed by atoms with van der Waals surface area (Å²) in [7, 11) is 0. The van der Waals surface area contributed by atoms with Crippen LogP contribution in [0.2, 0.25) is 10.0 Å². The van der Waals surface area contributed by atoms with Crippen LogP contribution in [-0.2, 0) is 11.3 Å². The first-order valence-electron chi connectivity index (χ1n) is 7.06. The highest BCUT2D eigenvalue weighted by molar-refractivity contribution is 6.36. The second-order valence-electron chi connectivity index (χ2n) is 5.15. The Hall–Kier alpha value is -2.38. The second kappa shape index (κ2) is 6.85. The standard InChI is InChI=1S/C16H11Cl2FN2O4/c1-7-3-9(8(2)24-7)15-21-20-14(25-15)6-23-16(22)10-4-13(19)12(18)5-11(10)17/h3-5H,6H2,1-2H3. The summed E-state index contributed by atoms with van der Waals surface area (Å²) in [5.41, 5.74) is 0.509. The average Bonchev–Trinajstić information content (AvgIpc) is 3.14. The summed E-state index contributed by atoms with van der Waals surface area (Å²) in [4.78, 5) is 12.0. The Morgan fingerprint density at radius 3 is 2.60 bits per heavy atom. The third kappa shape index (κ3) is 3.67. The van der Waals surface area contributed by atoms with Crippen LogP contribution in [0.25, 0.3) is 11.5 Å². The van der Waals surface area contributed by atoms with E-state index in [-0.39, 0.29) is 34.0 Å². The number of ether oxygens (including phenoxy) is 1. The Labute approximate surface area is 151 Å². The molecule has 0 N–H and O–H groups in total. The van der Waals surface area contributed by atoms with E-state index in [9.17, 15) is 9.18 Å². The fraction of sp³-hybridized carbons (Fsp3) is 0.188. The number of carbonyl (C=O) groups excluding carboxylic acids is 1. The first-order valence-corrected chi connectivity index (χ1v) is 7.82. The number of rotatable bonds is 4. The van der Waals surface area contributed by atoms with Crippen molar-refractivity contribution in [3.05, 3.63) is 57.0 Å². The van der Waals surface area contributed by atoms with Gasteiger partial charge in [-0.3, -0.25) is 0 Å². The maximum atomic E-state index is 13.5. The molecule has 0 saturated heterocycles. The molecule has 0 spiro atoms. The molecule has 0 bridgehead atoms. The van der Waals surface area contributed by atoms with Crippen LogP contribution in [0, 0.1) is 19.7 Å². The Balaban J connectivity index is 1.71. The zero-order chi connectivity index (χ0) is 18.1. The quantitative estimate of drug-likeness (QED) is 0.477. The van der Waals surface area contributed by atoms with E-state index in [2.05, 4.69) is 10.2 Å². The summed E-state index contributed by atoms with van der Waals surface area (Å²) in [6, 6.07) is 3.79. The molecule has 2 heterocycles. The lowest BCUT2D eigenvalue weighted by atomic mass is 10.2. The molecule has 3 aromatic rings. The highest BCUT2D eigenvalue weighted by atomic mass is 35.5. The molecule has 9 heteroatoms. The van der Waals surface area contributed by atoms with Crippen LogP contribution in [0.5, 0.6) is 0 Å². The predicted molar refractivity (Wildman–Crippen MR) is 87.0 cm³/mol.